The van der Waals surface area contributed by atoms with Crippen molar-refractivity contribution in [1.82, 2.24) is 10.2 Å². The van der Waals surface area contributed by atoms with Gasteiger partial charge in [0.2, 0.25) is 0 Å². The van der Waals surface area contributed by atoms with Crippen molar-refractivity contribution in [2.45, 2.75) is 25.9 Å². The predicted molar refractivity (Wildman–Crippen MR) is 78.1 cm³/mol. The first kappa shape index (κ1) is 15.3. The fraction of sp³-hybridized carbons (Fsp3) is 0.267. The van der Waals surface area contributed by atoms with Gasteiger partial charge in [0.15, 0.2) is 0 Å². The number of benzene rings is 1. The lowest BCUT2D eigenvalue weighted by molar-refractivity contribution is -0.137. The third-order valence-corrected chi connectivity index (χ3v) is 3.59. The number of aromatic nitrogens is 2. The lowest BCUT2D eigenvalue weighted by Crippen LogP contribution is -2.26. The molecule has 120 valence electrons. The Morgan fingerprint density at radius 2 is 1.83 bits per heavy atom. The van der Waals surface area contributed by atoms with E-state index in [4.69, 9.17) is 0 Å². The number of nitrogens with zero attached hydrogens (tertiary/aromatic N) is 3. The molecule has 1 N–H and O–H groups in total. The zero-order valence-corrected chi connectivity index (χ0v) is 12.3. The normalized spacial score (nSPS) is 18.5. The van der Waals surface area contributed by atoms with Gasteiger partial charge in [-0.25, -0.2) is 0 Å². The third kappa shape index (κ3) is 2.71. The molecule has 0 spiro atoms. The van der Waals surface area contributed by atoms with Crippen LogP contribution in [0.3, 0.4) is 0 Å². The average molecular weight is 322 g/mol. The van der Waals surface area contributed by atoms with Gasteiger partial charge in [-0.2, -0.15) is 28.4 Å². The quantitative estimate of drug-likeness (QED) is 0.922. The summed E-state index contributed by atoms with van der Waals surface area (Å²) in [6, 6.07) is 6.07. The first-order valence-corrected chi connectivity index (χ1v) is 6.85. The van der Waals surface area contributed by atoms with E-state index in [9.17, 15) is 18.0 Å². The van der Waals surface area contributed by atoms with E-state index in [0.717, 1.165) is 22.8 Å². The minimum absolute atomic E-state index is 0.289. The van der Waals surface area contributed by atoms with Crippen LogP contribution in [0.15, 0.2) is 35.4 Å². The van der Waals surface area contributed by atoms with E-state index in [1.165, 1.54) is 12.1 Å². The van der Waals surface area contributed by atoms with Crippen molar-refractivity contribution >= 4 is 17.3 Å². The van der Waals surface area contributed by atoms with Gasteiger partial charge in [-0.1, -0.05) is 0 Å². The lowest BCUT2D eigenvalue weighted by Gasteiger charge is -2.14. The molecule has 23 heavy (non-hydrogen) atoms. The molecule has 0 bridgehead atoms. The summed E-state index contributed by atoms with van der Waals surface area (Å²) in [5.41, 5.74) is 1.42. The second-order valence-corrected chi connectivity index (χ2v) is 5.34. The van der Waals surface area contributed by atoms with E-state index in [1.54, 1.807) is 13.0 Å². The average Bonchev–Trinajstić information content (AvgIpc) is 3.02. The lowest BCUT2D eigenvalue weighted by atomic mass is 10.0. The Labute approximate surface area is 129 Å². The van der Waals surface area contributed by atoms with Crippen molar-refractivity contribution in [2.24, 2.45) is 5.10 Å². The van der Waals surface area contributed by atoms with Gasteiger partial charge in [-0.3, -0.25) is 9.89 Å². The maximum Gasteiger partial charge on any atom is 0.416 e. The summed E-state index contributed by atoms with van der Waals surface area (Å²) in [4.78, 5) is 12.5. The van der Waals surface area contributed by atoms with Gasteiger partial charge in [-0.05, 0) is 44.2 Å². The van der Waals surface area contributed by atoms with Crippen molar-refractivity contribution < 1.29 is 18.0 Å². The molecule has 1 atom stereocenters. The van der Waals surface area contributed by atoms with E-state index < -0.39 is 17.7 Å². The van der Waals surface area contributed by atoms with Crippen LogP contribution in [0.2, 0.25) is 0 Å². The van der Waals surface area contributed by atoms with E-state index in [-0.39, 0.29) is 11.6 Å². The Kier molecular flexibility index (Phi) is 3.46. The second kappa shape index (κ2) is 5.22. The van der Waals surface area contributed by atoms with Crippen LogP contribution in [-0.4, -0.2) is 21.8 Å². The van der Waals surface area contributed by atoms with E-state index >= 15 is 0 Å². The summed E-state index contributed by atoms with van der Waals surface area (Å²) < 4.78 is 37.8. The monoisotopic (exact) mass is 322 g/mol. The Morgan fingerprint density at radius 1 is 1.17 bits per heavy atom. The fourth-order valence-corrected chi connectivity index (χ4v) is 2.47. The van der Waals surface area contributed by atoms with E-state index in [2.05, 4.69) is 15.3 Å². The maximum atomic E-state index is 12.6. The Hall–Kier alpha value is -2.64. The maximum absolute atomic E-state index is 12.6. The first-order valence-electron chi connectivity index (χ1n) is 6.85. The van der Waals surface area contributed by atoms with Crippen molar-refractivity contribution in [3.8, 4) is 0 Å². The molecule has 0 aliphatic carbocycles. The highest BCUT2D eigenvalue weighted by molar-refractivity contribution is 6.18. The van der Waals surface area contributed by atoms with Crippen LogP contribution < -0.4 is 5.01 Å². The van der Waals surface area contributed by atoms with Crippen LogP contribution in [0.1, 0.15) is 29.8 Å². The number of carbonyl (C=O) groups is 1. The van der Waals surface area contributed by atoms with Crippen LogP contribution in [0.5, 0.6) is 0 Å². The number of aryl methyl sites for hydroxylation is 1. The predicted octanol–water partition coefficient (Wildman–Crippen LogP) is 3.24. The number of nitrogens with one attached hydrogen (secondary N) is 1. The van der Waals surface area contributed by atoms with Crippen LogP contribution in [0.25, 0.3) is 0 Å². The number of amides is 1. The smallest absolute Gasteiger partial charge is 0.283 e. The van der Waals surface area contributed by atoms with Gasteiger partial charge in [0.25, 0.3) is 5.91 Å². The van der Waals surface area contributed by atoms with Gasteiger partial charge < -0.3 is 0 Å². The topological polar surface area (TPSA) is 61.4 Å². The minimum atomic E-state index is -4.41. The summed E-state index contributed by atoms with van der Waals surface area (Å²) in [5, 5.41) is 12.1. The molecule has 3 rings (SSSR count). The molecule has 8 heteroatoms. The molecule has 1 amide bonds. The number of alkyl halides is 3. The first-order chi connectivity index (χ1) is 10.8. The molecule has 1 aromatic carbocycles. The molecule has 2 aromatic rings. The summed E-state index contributed by atoms with van der Waals surface area (Å²) in [6.45, 7) is 3.51. The van der Waals surface area contributed by atoms with Crippen molar-refractivity contribution in [2.75, 3.05) is 5.01 Å². The number of aromatic amines is 1. The number of carbonyl (C=O) groups excluding carboxylic acids is 1. The Balaban J connectivity index is 1.89. The van der Waals surface area contributed by atoms with Gasteiger partial charge in [0, 0.05) is 5.69 Å². The van der Waals surface area contributed by atoms with Gasteiger partial charge in [0.1, 0.15) is 5.92 Å². The Bertz CT molecular complexity index is 777. The molecule has 1 aromatic heterocycles. The molecular formula is C15H13F3N4O. The molecule has 0 radical (unpaired) electrons. The van der Waals surface area contributed by atoms with Gasteiger partial charge >= 0.3 is 6.18 Å². The Morgan fingerprint density at radius 3 is 2.35 bits per heavy atom. The van der Waals surface area contributed by atoms with E-state index in [0.29, 0.717) is 11.4 Å². The molecule has 1 unspecified atom stereocenters. The van der Waals surface area contributed by atoms with Crippen LogP contribution in [-0.2, 0) is 11.0 Å². The number of hydrazone groups is 1. The van der Waals surface area contributed by atoms with Crippen molar-refractivity contribution in [1.29, 1.82) is 0 Å². The van der Waals surface area contributed by atoms with Crippen LogP contribution >= 0.6 is 0 Å². The SMILES string of the molecule is CC1=NN(c2ccc(C(F)(F)F)cc2)C(=O)C1c1cc(C)[nH]n1. The molecular weight excluding hydrogens is 309 g/mol. The molecule has 2 heterocycles. The zero-order valence-electron chi connectivity index (χ0n) is 12.3. The summed E-state index contributed by atoms with van der Waals surface area (Å²) >= 11 is 0. The summed E-state index contributed by atoms with van der Waals surface area (Å²) in [7, 11) is 0. The number of anilines is 1. The molecule has 1 aliphatic heterocycles. The fourth-order valence-electron chi connectivity index (χ4n) is 2.47. The van der Waals surface area contributed by atoms with Crippen molar-refractivity contribution in [3.63, 3.8) is 0 Å². The number of halogens is 3. The zero-order chi connectivity index (χ0) is 16.8. The summed E-state index contributed by atoms with van der Waals surface area (Å²) in [5.74, 6) is -0.962. The second-order valence-electron chi connectivity index (χ2n) is 5.34. The standard InChI is InChI=1S/C15H13F3N4O/c1-8-7-12(20-19-8)13-9(2)21-22(14(13)23)11-5-3-10(4-6-11)15(16,17)18/h3-7,13H,1-2H3,(H,19,20). The highest BCUT2D eigenvalue weighted by Crippen LogP contribution is 2.33. The minimum Gasteiger partial charge on any atom is -0.283 e. The highest BCUT2D eigenvalue weighted by Gasteiger charge is 2.37. The number of hydrogen-bond acceptors (Lipinski definition) is 3. The number of rotatable bonds is 2. The van der Waals surface area contributed by atoms with E-state index in [1.807, 2.05) is 6.92 Å². The molecule has 5 nitrogen and oxygen atoms in total. The highest BCUT2D eigenvalue weighted by atomic mass is 19.4. The van der Waals surface area contributed by atoms with Gasteiger partial charge in [0.05, 0.1) is 22.7 Å². The largest absolute Gasteiger partial charge is 0.416 e. The van der Waals surface area contributed by atoms with Crippen LogP contribution in [0, 0.1) is 6.92 Å². The van der Waals surface area contributed by atoms with Crippen molar-refractivity contribution in [3.05, 3.63) is 47.3 Å². The van der Waals surface area contributed by atoms with Gasteiger partial charge in [-0.15, -0.1) is 0 Å². The molecule has 1 aliphatic rings. The third-order valence-electron chi connectivity index (χ3n) is 3.59. The number of hydrogen-bond donors (Lipinski definition) is 1. The molecule has 0 saturated heterocycles. The summed E-state index contributed by atoms with van der Waals surface area (Å²) in [6.07, 6.45) is -4.41. The number of H-pyrrole nitrogens is 1. The molecule has 0 saturated carbocycles. The molecule has 0 fully saturated rings. The van der Waals surface area contributed by atoms with Crippen LogP contribution in [0.4, 0.5) is 18.9 Å².